The molecule has 0 spiro atoms. The molecule has 1 saturated heterocycles. The van der Waals surface area contributed by atoms with Crippen LogP contribution in [-0.4, -0.2) is 28.2 Å². The molecule has 0 aliphatic carbocycles. The third-order valence-electron chi connectivity index (χ3n) is 1.82. The molecule has 1 heterocycles. The fourth-order valence-electron chi connectivity index (χ4n) is 1.29. The minimum absolute atomic E-state index is 0.0123. The van der Waals surface area contributed by atoms with Gasteiger partial charge in [0.05, 0.1) is 4.87 Å². The molecule has 0 bridgehead atoms. The molecule has 1 N–H and O–H groups in total. The predicted octanol–water partition coefficient (Wildman–Crippen LogP) is 1.77. The molecular weight excluding hydrogens is 198 g/mol. The zero-order valence-corrected chi connectivity index (χ0v) is 10.3. The van der Waals surface area contributed by atoms with Gasteiger partial charge < -0.3 is 4.74 Å². The maximum Gasteiger partial charge on any atom is 0.324 e. The highest BCUT2D eigenvalue weighted by Gasteiger charge is 2.36. The molecule has 0 unspecified atom stereocenters. The van der Waals surface area contributed by atoms with Crippen molar-refractivity contribution in [3.05, 3.63) is 0 Å². The van der Waals surface area contributed by atoms with Crippen LogP contribution in [-0.2, 0) is 9.53 Å². The largest absolute Gasteiger partial charge is 0.459 e. The van der Waals surface area contributed by atoms with Crippen LogP contribution in [0, 0.1) is 0 Å². The predicted molar refractivity (Wildman–Crippen MR) is 59.3 cm³/mol. The summed E-state index contributed by atoms with van der Waals surface area (Å²) in [6, 6.07) is -0.158. The number of esters is 1. The first-order valence-corrected chi connectivity index (χ1v) is 5.83. The highest BCUT2D eigenvalue weighted by atomic mass is 32.2. The lowest BCUT2D eigenvalue weighted by Gasteiger charge is -2.23. The molecule has 4 heteroatoms. The zero-order chi connectivity index (χ0) is 11.0. The molecule has 1 fully saturated rings. The highest BCUT2D eigenvalue weighted by molar-refractivity contribution is 8.00. The Bertz CT molecular complexity index is 233. The summed E-state index contributed by atoms with van der Waals surface area (Å²) in [6.07, 6.45) is 0. The second-order valence-electron chi connectivity index (χ2n) is 5.05. The van der Waals surface area contributed by atoms with Crippen LogP contribution in [0.25, 0.3) is 0 Å². The second kappa shape index (κ2) is 3.74. The van der Waals surface area contributed by atoms with E-state index < -0.39 is 5.60 Å². The van der Waals surface area contributed by atoms with E-state index >= 15 is 0 Å². The smallest absolute Gasteiger partial charge is 0.324 e. The van der Waals surface area contributed by atoms with Crippen molar-refractivity contribution < 1.29 is 9.53 Å². The summed E-state index contributed by atoms with van der Waals surface area (Å²) in [4.78, 5) is 11.6. The number of thioether (sulfide) groups is 1. The van der Waals surface area contributed by atoms with Gasteiger partial charge in [0.15, 0.2) is 0 Å². The average Bonchev–Trinajstić information content (AvgIpc) is 2.26. The van der Waals surface area contributed by atoms with Crippen molar-refractivity contribution in [2.45, 2.75) is 51.1 Å². The summed E-state index contributed by atoms with van der Waals surface area (Å²) < 4.78 is 5.30. The van der Waals surface area contributed by atoms with Crippen LogP contribution in [0.15, 0.2) is 0 Å². The Morgan fingerprint density at radius 1 is 1.50 bits per heavy atom. The molecule has 0 amide bonds. The molecule has 82 valence electrons. The summed E-state index contributed by atoms with van der Waals surface area (Å²) in [5.41, 5.74) is -0.393. The summed E-state index contributed by atoms with van der Waals surface area (Å²) >= 11 is 1.75. The molecule has 0 aromatic rings. The van der Waals surface area contributed by atoms with Gasteiger partial charge in [-0.3, -0.25) is 10.1 Å². The SMILES string of the molecule is CC(C)(C)OC(=O)[C@H]1CSC(C)(C)N1. The minimum atomic E-state index is -0.393. The molecule has 1 aliphatic rings. The third kappa shape index (κ3) is 3.50. The van der Waals surface area contributed by atoms with Crippen LogP contribution in [0.2, 0.25) is 0 Å². The summed E-state index contributed by atoms with van der Waals surface area (Å²) in [7, 11) is 0. The summed E-state index contributed by atoms with van der Waals surface area (Å²) in [6.45, 7) is 9.80. The van der Waals surface area contributed by atoms with E-state index in [1.807, 2.05) is 20.8 Å². The van der Waals surface area contributed by atoms with Crippen molar-refractivity contribution in [1.82, 2.24) is 5.32 Å². The van der Waals surface area contributed by atoms with Gasteiger partial charge in [0.25, 0.3) is 0 Å². The maximum absolute atomic E-state index is 11.7. The van der Waals surface area contributed by atoms with Gasteiger partial charge in [-0.15, -0.1) is 11.8 Å². The van der Waals surface area contributed by atoms with Crippen molar-refractivity contribution in [2.24, 2.45) is 0 Å². The first-order valence-electron chi connectivity index (χ1n) is 4.84. The minimum Gasteiger partial charge on any atom is -0.459 e. The van der Waals surface area contributed by atoms with Gasteiger partial charge in [-0.05, 0) is 34.6 Å². The summed E-state index contributed by atoms with van der Waals surface area (Å²) in [5, 5.41) is 3.24. The number of hydrogen-bond donors (Lipinski definition) is 1. The van der Waals surface area contributed by atoms with Gasteiger partial charge in [0.2, 0.25) is 0 Å². The van der Waals surface area contributed by atoms with E-state index in [1.165, 1.54) is 0 Å². The van der Waals surface area contributed by atoms with Gasteiger partial charge in [-0.2, -0.15) is 0 Å². The number of hydrogen-bond acceptors (Lipinski definition) is 4. The maximum atomic E-state index is 11.7. The first-order chi connectivity index (χ1) is 6.20. The van der Waals surface area contributed by atoms with E-state index in [0.29, 0.717) is 0 Å². The van der Waals surface area contributed by atoms with E-state index in [4.69, 9.17) is 4.74 Å². The number of ether oxygens (including phenoxy) is 1. The Labute approximate surface area is 90.0 Å². The molecule has 1 rings (SSSR count). The molecular formula is C10H19NO2S. The third-order valence-corrected chi connectivity index (χ3v) is 3.16. The van der Waals surface area contributed by atoms with E-state index in [2.05, 4.69) is 19.2 Å². The first kappa shape index (κ1) is 11.9. The highest BCUT2D eigenvalue weighted by Crippen LogP contribution is 2.29. The Hall–Kier alpha value is -0.220. The standard InChI is InChI=1S/C10H19NO2S/c1-9(2,3)13-8(12)7-6-14-10(4,5)11-7/h7,11H,6H2,1-5H3/t7-/m1/s1. The summed E-state index contributed by atoms with van der Waals surface area (Å²) in [5.74, 6) is 0.651. The van der Waals surface area contributed by atoms with Crippen LogP contribution in [0.1, 0.15) is 34.6 Å². The number of carbonyl (C=O) groups excluding carboxylic acids is 1. The molecule has 1 aliphatic heterocycles. The Morgan fingerprint density at radius 2 is 2.07 bits per heavy atom. The second-order valence-corrected chi connectivity index (χ2v) is 6.69. The van der Waals surface area contributed by atoms with Gasteiger partial charge in [-0.1, -0.05) is 0 Å². The molecule has 1 atom stereocenters. The van der Waals surface area contributed by atoms with Crippen molar-refractivity contribution in [2.75, 3.05) is 5.75 Å². The van der Waals surface area contributed by atoms with E-state index in [-0.39, 0.29) is 16.9 Å². The topological polar surface area (TPSA) is 38.3 Å². The Balaban J connectivity index is 2.48. The van der Waals surface area contributed by atoms with Crippen molar-refractivity contribution in [3.63, 3.8) is 0 Å². The molecule has 3 nitrogen and oxygen atoms in total. The fourth-order valence-corrected chi connectivity index (χ4v) is 2.32. The van der Waals surface area contributed by atoms with E-state index in [1.54, 1.807) is 11.8 Å². The van der Waals surface area contributed by atoms with Crippen molar-refractivity contribution in [3.8, 4) is 0 Å². The van der Waals surface area contributed by atoms with Gasteiger partial charge in [0, 0.05) is 5.75 Å². The van der Waals surface area contributed by atoms with Crippen molar-refractivity contribution in [1.29, 1.82) is 0 Å². The Kier molecular flexibility index (Phi) is 3.17. The lowest BCUT2D eigenvalue weighted by molar-refractivity contribution is -0.156. The van der Waals surface area contributed by atoms with Gasteiger partial charge in [-0.25, -0.2) is 0 Å². The number of nitrogens with one attached hydrogen (secondary N) is 1. The Morgan fingerprint density at radius 3 is 2.43 bits per heavy atom. The van der Waals surface area contributed by atoms with Gasteiger partial charge in [0.1, 0.15) is 11.6 Å². The average molecular weight is 217 g/mol. The molecule has 14 heavy (non-hydrogen) atoms. The van der Waals surface area contributed by atoms with Crippen LogP contribution in [0.5, 0.6) is 0 Å². The van der Waals surface area contributed by atoms with Crippen LogP contribution in [0.4, 0.5) is 0 Å². The fraction of sp³-hybridized carbons (Fsp3) is 0.900. The molecule has 0 saturated carbocycles. The van der Waals surface area contributed by atoms with Crippen molar-refractivity contribution >= 4 is 17.7 Å². The van der Waals surface area contributed by atoms with E-state index in [0.717, 1.165) is 5.75 Å². The van der Waals surface area contributed by atoms with E-state index in [9.17, 15) is 4.79 Å². The molecule has 0 aromatic carbocycles. The zero-order valence-electron chi connectivity index (χ0n) is 9.51. The number of carbonyl (C=O) groups is 1. The van der Waals surface area contributed by atoms with Crippen LogP contribution < -0.4 is 5.32 Å². The van der Waals surface area contributed by atoms with Crippen LogP contribution in [0.3, 0.4) is 0 Å². The van der Waals surface area contributed by atoms with Crippen LogP contribution >= 0.6 is 11.8 Å². The monoisotopic (exact) mass is 217 g/mol. The molecule has 0 radical (unpaired) electrons. The lowest BCUT2D eigenvalue weighted by Crippen LogP contribution is -2.44. The lowest BCUT2D eigenvalue weighted by atomic mass is 10.2. The number of rotatable bonds is 1. The normalized spacial score (nSPS) is 26.2. The van der Waals surface area contributed by atoms with Gasteiger partial charge >= 0.3 is 5.97 Å². The quantitative estimate of drug-likeness (QED) is 0.679. The molecule has 0 aromatic heterocycles.